The van der Waals surface area contributed by atoms with Gasteiger partial charge >= 0.3 is 0 Å². The van der Waals surface area contributed by atoms with Crippen LogP contribution >= 0.6 is 0 Å². The molecule has 2 heterocycles. The maximum Gasteiger partial charge on any atom is 0.246 e. The van der Waals surface area contributed by atoms with Crippen LogP contribution < -0.4 is 5.32 Å². The fraction of sp³-hybridized carbons (Fsp3) is 0.333. The molecule has 0 bridgehead atoms. The van der Waals surface area contributed by atoms with Crippen LogP contribution in [-0.2, 0) is 9.53 Å². The zero-order chi connectivity index (χ0) is 9.97. The van der Waals surface area contributed by atoms with Crippen LogP contribution in [0.2, 0.25) is 0 Å². The number of halogens is 1. The van der Waals surface area contributed by atoms with Gasteiger partial charge in [0.15, 0.2) is 0 Å². The number of pyridine rings is 1. The van der Waals surface area contributed by atoms with Crippen molar-refractivity contribution in [3.05, 3.63) is 29.8 Å². The molecule has 1 amide bonds. The summed E-state index contributed by atoms with van der Waals surface area (Å²) in [7, 11) is 0. The third-order valence-electron chi connectivity index (χ3n) is 2.03. The minimum Gasteiger partial charge on any atom is -0.369 e. The predicted molar refractivity (Wildman–Crippen MR) is 45.9 cm³/mol. The molecule has 0 unspecified atom stereocenters. The summed E-state index contributed by atoms with van der Waals surface area (Å²) in [4.78, 5) is 14.6. The van der Waals surface area contributed by atoms with Gasteiger partial charge in [0.2, 0.25) is 5.91 Å². The van der Waals surface area contributed by atoms with E-state index in [0.717, 1.165) is 6.20 Å². The van der Waals surface area contributed by atoms with Crippen molar-refractivity contribution in [2.45, 2.75) is 6.04 Å². The summed E-state index contributed by atoms with van der Waals surface area (Å²) in [5.41, 5.74) is 0.410. The van der Waals surface area contributed by atoms with Gasteiger partial charge in [-0.25, -0.2) is 4.39 Å². The summed E-state index contributed by atoms with van der Waals surface area (Å²) in [5, 5.41) is 2.64. The number of nitrogens with one attached hydrogen (secondary N) is 1. The van der Waals surface area contributed by atoms with Gasteiger partial charge in [-0.15, -0.1) is 0 Å². The molecule has 14 heavy (non-hydrogen) atoms. The summed E-state index contributed by atoms with van der Waals surface area (Å²) in [5.74, 6) is -0.652. The van der Waals surface area contributed by atoms with E-state index in [1.807, 2.05) is 0 Å². The number of morpholine rings is 1. The summed E-state index contributed by atoms with van der Waals surface area (Å²) >= 11 is 0. The van der Waals surface area contributed by atoms with Crippen molar-refractivity contribution in [3.63, 3.8) is 0 Å². The number of carbonyl (C=O) groups excluding carboxylic acids is 1. The Bertz CT molecular complexity index is 356. The van der Waals surface area contributed by atoms with Crippen molar-refractivity contribution < 1.29 is 13.9 Å². The average molecular weight is 196 g/mol. The second kappa shape index (κ2) is 3.71. The molecule has 1 aromatic heterocycles. The van der Waals surface area contributed by atoms with Crippen LogP contribution in [0.3, 0.4) is 0 Å². The molecule has 1 saturated heterocycles. The van der Waals surface area contributed by atoms with Crippen molar-refractivity contribution in [2.24, 2.45) is 0 Å². The summed E-state index contributed by atoms with van der Waals surface area (Å²) < 4.78 is 18.2. The molecule has 1 N–H and O–H groups in total. The third kappa shape index (κ3) is 1.72. The standard InChI is InChI=1S/C9H9FN2O2/c10-7-3-11-2-1-6(7)8-4-14-5-9(13)12-8/h1-3,8H,4-5H2,(H,12,13)/t8-/m0/s1. The minimum absolute atomic E-state index is 0.0448. The summed E-state index contributed by atoms with van der Waals surface area (Å²) in [6.07, 6.45) is 2.61. The maximum absolute atomic E-state index is 13.2. The van der Waals surface area contributed by atoms with Gasteiger partial charge in [-0.05, 0) is 6.07 Å². The van der Waals surface area contributed by atoms with E-state index in [0.29, 0.717) is 12.2 Å². The van der Waals surface area contributed by atoms with Gasteiger partial charge in [0, 0.05) is 11.8 Å². The SMILES string of the molecule is O=C1COC[C@@H](c2ccncc2F)N1. The van der Waals surface area contributed by atoms with Crippen LogP contribution in [0.4, 0.5) is 4.39 Å². The normalized spacial score (nSPS) is 21.8. The highest BCUT2D eigenvalue weighted by molar-refractivity contribution is 5.78. The molecule has 0 aromatic carbocycles. The largest absolute Gasteiger partial charge is 0.369 e. The fourth-order valence-electron chi connectivity index (χ4n) is 1.38. The van der Waals surface area contributed by atoms with Gasteiger partial charge in [-0.2, -0.15) is 0 Å². The molecule has 0 saturated carbocycles. The Morgan fingerprint density at radius 3 is 3.21 bits per heavy atom. The highest BCUT2D eigenvalue weighted by atomic mass is 19.1. The molecule has 0 aliphatic carbocycles. The van der Waals surface area contributed by atoms with Crippen LogP contribution in [0.5, 0.6) is 0 Å². The molecule has 1 atom stereocenters. The van der Waals surface area contributed by atoms with E-state index in [4.69, 9.17) is 4.74 Å². The zero-order valence-electron chi connectivity index (χ0n) is 7.37. The lowest BCUT2D eigenvalue weighted by molar-refractivity contribution is -0.131. The molecule has 0 radical (unpaired) electrons. The van der Waals surface area contributed by atoms with Gasteiger partial charge in [0.1, 0.15) is 12.4 Å². The Morgan fingerprint density at radius 2 is 2.50 bits per heavy atom. The Balaban J connectivity index is 2.22. The molecule has 5 heteroatoms. The molecule has 74 valence electrons. The highest BCUT2D eigenvalue weighted by Crippen LogP contribution is 2.17. The van der Waals surface area contributed by atoms with E-state index in [1.54, 1.807) is 0 Å². The Morgan fingerprint density at radius 1 is 1.64 bits per heavy atom. The maximum atomic E-state index is 13.2. The first-order valence-electron chi connectivity index (χ1n) is 4.24. The molecule has 4 nitrogen and oxygen atoms in total. The summed E-state index contributed by atoms with van der Waals surface area (Å²) in [6, 6.07) is 1.13. The van der Waals surface area contributed by atoms with E-state index in [1.165, 1.54) is 12.3 Å². The molecule has 1 aliphatic heterocycles. The first-order valence-corrected chi connectivity index (χ1v) is 4.24. The van der Waals surface area contributed by atoms with Crippen molar-refractivity contribution >= 4 is 5.91 Å². The number of hydrogen-bond acceptors (Lipinski definition) is 3. The second-order valence-corrected chi connectivity index (χ2v) is 3.03. The highest BCUT2D eigenvalue weighted by Gasteiger charge is 2.22. The van der Waals surface area contributed by atoms with Gasteiger partial charge in [-0.3, -0.25) is 9.78 Å². The lowest BCUT2D eigenvalue weighted by Crippen LogP contribution is -2.40. The molecular weight excluding hydrogens is 187 g/mol. The van der Waals surface area contributed by atoms with Crippen LogP contribution in [0.1, 0.15) is 11.6 Å². The van der Waals surface area contributed by atoms with Crippen molar-refractivity contribution in [3.8, 4) is 0 Å². The number of amides is 1. The van der Waals surface area contributed by atoms with Crippen molar-refractivity contribution in [2.75, 3.05) is 13.2 Å². The lowest BCUT2D eigenvalue weighted by atomic mass is 10.1. The number of ether oxygens (including phenoxy) is 1. The molecule has 1 aliphatic rings. The lowest BCUT2D eigenvalue weighted by Gasteiger charge is -2.23. The molecule has 0 spiro atoms. The first kappa shape index (κ1) is 9.08. The molecular formula is C9H9FN2O2. The predicted octanol–water partition coefficient (Wildman–Crippen LogP) is 0.408. The van der Waals surface area contributed by atoms with Crippen LogP contribution in [0.15, 0.2) is 18.5 Å². The average Bonchev–Trinajstić information content (AvgIpc) is 2.18. The smallest absolute Gasteiger partial charge is 0.246 e. The van der Waals surface area contributed by atoms with Gasteiger partial charge < -0.3 is 10.1 Å². The summed E-state index contributed by atoms with van der Waals surface area (Å²) in [6.45, 7) is 0.343. The van der Waals surface area contributed by atoms with Crippen LogP contribution in [0.25, 0.3) is 0 Å². The Hall–Kier alpha value is -1.49. The van der Waals surface area contributed by atoms with Crippen LogP contribution in [0, 0.1) is 5.82 Å². The molecule has 2 rings (SSSR count). The number of carbonyl (C=O) groups is 1. The van der Waals surface area contributed by atoms with E-state index in [-0.39, 0.29) is 12.5 Å². The first-order chi connectivity index (χ1) is 6.77. The van der Waals surface area contributed by atoms with Gasteiger partial charge in [-0.1, -0.05) is 0 Å². The number of rotatable bonds is 1. The number of nitrogens with zero attached hydrogens (tertiary/aromatic N) is 1. The third-order valence-corrected chi connectivity index (χ3v) is 2.03. The monoisotopic (exact) mass is 196 g/mol. The van der Waals surface area contributed by atoms with E-state index in [9.17, 15) is 9.18 Å². The van der Waals surface area contributed by atoms with E-state index in [2.05, 4.69) is 10.3 Å². The zero-order valence-corrected chi connectivity index (χ0v) is 7.37. The van der Waals surface area contributed by atoms with Gasteiger partial charge in [0.25, 0.3) is 0 Å². The Kier molecular flexibility index (Phi) is 2.41. The van der Waals surface area contributed by atoms with Crippen molar-refractivity contribution in [1.82, 2.24) is 10.3 Å². The van der Waals surface area contributed by atoms with Gasteiger partial charge in [0.05, 0.1) is 18.8 Å². The minimum atomic E-state index is -0.428. The molecule has 1 fully saturated rings. The van der Waals surface area contributed by atoms with Crippen LogP contribution in [-0.4, -0.2) is 24.1 Å². The van der Waals surface area contributed by atoms with E-state index >= 15 is 0 Å². The quantitative estimate of drug-likeness (QED) is 0.707. The second-order valence-electron chi connectivity index (χ2n) is 3.03. The van der Waals surface area contributed by atoms with Crippen molar-refractivity contribution in [1.29, 1.82) is 0 Å². The fourth-order valence-corrected chi connectivity index (χ4v) is 1.38. The number of hydrogen-bond donors (Lipinski definition) is 1. The Labute approximate surface area is 80.1 Å². The topological polar surface area (TPSA) is 51.2 Å². The molecule has 1 aromatic rings. The number of aromatic nitrogens is 1. The van der Waals surface area contributed by atoms with E-state index < -0.39 is 11.9 Å².